The quantitative estimate of drug-likeness (QED) is 0.279. The highest BCUT2D eigenvalue weighted by Gasteiger charge is 2.15. The number of pyridine rings is 2. The van der Waals surface area contributed by atoms with Crippen molar-refractivity contribution >= 4 is 46.0 Å². The van der Waals surface area contributed by atoms with E-state index in [1.807, 2.05) is 24.4 Å². The van der Waals surface area contributed by atoms with E-state index in [2.05, 4.69) is 44.9 Å². The van der Waals surface area contributed by atoms with E-state index < -0.39 is 0 Å². The van der Waals surface area contributed by atoms with Gasteiger partial charge in [0.2, 0.25) is 0 Å². The molecule has 30 heavy (non-hydrogen) atoms. The maximum absolute atomic E-state index is 7.79. The van der Waals surface area contributed by atoms with Crippen molar-refractivity contribution in [3.05, 3.63) is 36.2 Å². The summed E-state index contributed by atoms with van der Waals surface area (Å²) in [6, 6.07) is 6.27. The first-order chi connectivity index (χ1) is 14.5. The van der Waals surface area contributed by atoms with Gasteiger partial charge in [-0.25, -0.2) is 4.98 Å². The molecule has 1 aliphatic rings. The van der Waals surface area contributed by atoms with Gasteiger partial charge in [-0.2, -0.15) is 0 Å². The smallest absolute Gasteiger partial charge is 0.172 e. The molecule has 2 aromatic rings. The second-order valence-electron chi connectivity index (χ2n) is 7.99. The van der Waals surface area contributed by atoms with Crippen LogP contribution in [0, 0.1) is 5.41 Å². The number of thiocarbonyl (C=S) groups is 1. The van der Waals surface area contributed by atoms with Crippen LogP contribution in [0.15, 0.2) is 30.6 Å². The Hall–Kier alpha value is -2.42. The van der Waals surface area contributed by atoms with Crippen molar-refractivity contribution in [2.45, 2.75) is 38.1 Å². The summed E-state index contributed by atoms with van der Waals surface area (Å²) in [6.07, 6.45) is 11.1. The Morgan fingerprint density at radius 1 is 1.30 bits per heavy atom. The number of nitrogens with zero attached hydrogens (tertiary/aromatic N) is 3. The highest BCUT2D eigenvalue weighted by atomic mass is 32.1. The van der Waals surface area contributed by atoms with E-state index >= 15 is 0 Å². The number of allylic oxidation sites excluding steroid dienone is 1. The molecule has 0 atom stereocenters. The molecule has 3 rings (SSSR count). The first-order valence-electron chi connectivity index (χ1n) is 10.6. The van der Waals surface area contributed by atoms with E-state index in [4.69, 9.17) is 17.6 Å². The molecule has 8 heteroatoms. The number of hydrogen-bond acceptors (Lipinski definition) is 5. The molecule has 0 spiro atoms. The van der Waals surface area contributed by atoms with Crippen molar-refractivity contribution in [1.29, 1.82) is 5.41 Å². The third-order valence-electron chi connectivity index (χ3n) is 5.23. The molecular weight excluding hydrogens is 394 g/mol. The van der Waals surface area contributed by atoms with E-state index in [1.165, 1.54) is 31.9 Å². The second kappa shape index (κ2) is 11.1. The van der Waals surface area contributed by atoms with Crippen LogP contribution in [-0.4, -0.2) is 59.4 Å². The van der Waals surface area contributed by atoms with Crippen LogP contribution in [0.5, 0.6) is 0 Å². The molecule has 2 heterocycles. The molecule has 1 saturated carbocycles. The minimum atomic E-state index is 0.466. The van der Waals surface area contributed by atoms with Crippen LogP contribution in [0.3, 0.4) is 0 Å². The molecule has 0 amide bonds. The van der Waals surface area contributed by atoms with Gasteiger partial charge >= 0.3 is 0 Å². The molecule has 0 aliphatic heterocycles. The number of quaternary nitrogens is 1. The molecule has 0 saturated heterocycles. The van der Waals surface area contributed by atoms with Crippen LogP contribution < -0.4 is 16.0 Å². The topological polar surface area (TPSA) is 93.5 Å². The molecule has 0 aromatic carbocycles. The molecule has 160 valence electrons. The Morgan fingerprint density at radius 2 is 2.10 bits per heavy atom. The van der Waals surface area contributed by atoms with E-state index in [0.29, 0.717) is 17.0 Å². The Labute approximate surface area is 183 Å². The summed E-state index contributed by atoms with van der Waals surface area (Å²) in [5.41, 5.74) is 3.31. The fourth-order valence-corrected chi connectivity index (χ4v) is 3.88. The molecule has 1 fully saturated rings. The Kier molecular flexibility index (Phi) is 8.24. The van der Waals surface area contributed by atoms with E-state index in [9.17, 15) is 0 Å². The Balaban J connectivity index is 1.67. The maximum Gasteiger partial charge on any atom is 0.172 e. The zero-order valence-electron chi connectivity index (χ0n) is 17.8. The van der Waals surface area contributed by atoms with Gasteiger partial charge in [-0.1, -0.05) is 12.8 Å². The molecule has 0 radical (unpaired) electrons. The van der Waals surface area contributed by atoms with Gasteiger partial charge in [0.1, 0.15) is 12.0 Å². The number of nitrogens with two attached hydrogens (primary N) is 1. The standard InChI is InChI=1S/C22H31N7S/c1-29(2)11-5-10-24-14-17(13-23)16-12-20-19(25-15-16)8-9-21(27-20)28-22(30)26-18-6-3-4-7-18/h8-9,12-15,18,23-24H,3-7,10-11H2,1-2H3,(H2,26,27,28,30)/p+1/b17-14+,23-13?. The Morgan fingerprint density at radius 3 is 2.83 bits per heavy atom. The van der Waals surface area contributed by atoms with Crippen LogP contribution in [0.4, 0.5) is 5.82 Å². The lowest BCUT2D eigenvalue weighted by Crippen LogP contribution is -2.78. The fraction of sp³-hybridized carbons (Fsp3) is 0.455. The van der Waals surface area contributed by atoms with Gasteiger partial charge in [0.05, 0.1) is 23.2 Å². The van der Waals surface area contributed by atoms with Gasteiger partial charge in [-0.15, -0.1) is 0 Å². The first kappa shape index (κ1) is 22.3. The summed E-state index contributed by atoms with van der Waals surface area (Å²) < 4.78 is 0. The normalized spacial score (nSPS) is 15.0. The minimum absolute atomic E-state index is 0.466. The first-order valence-corrected chi connectivity index (χ1v) is 11.0. The van der Waals surface area contributed by atoms with Crippen molar-refractivity contribution < 1.29 is 5.32 Å². The third-order valence-corrected chi connectivity index (χ3v) is 5.45. The zero-order chi connectivity index (χ0) is 21.3. The van der Waals surface area contributed by atoms with E-state index in [0.717, 1.165) is 41.7 Å². The number of anilines is 1. The lowest BCUT2D eigenvalue weighted by Gasteiger charge is -2.15. The highest BCUT2D eigenvalue weighted by molar-refractivity contribution is 7.80. The number of nitrogens with one attached hydrogen (secondary N) is 3. The van der Waals surface area contributed by atoms with Crippen LogP contribution in [0.2, 0.25) is 0 Å². The third kappa shape index (κ3) is 6.55. The fourth-order valence-electron chi connectivity index (χ4n) is 3.61. The molecule has 5 N–H and O–H groups in total. The summed E-state index contributed by atoms with van der Waals surface area (Å²) in [5.74, 6) is 0.701. The van der Waals surface area contributed by atoms with E-state index in [1.54, 1.807) is 6.20 Å². The van der Waals surface area contributed by atoms with Gasteiger partial charge in [0.15, 0.2) is 5.11 Å². The molecule has 1 aliphatic carbocycles. The van der Waals surface area contributed by atoms with Gasteiger partial charge in [0, 0.05) is 37.0 Å². The average Bonchev–Trinajstić information content (AvgIpc) is 3.23. The number of hydrogen-bond donors (Lipinski definition) is 4. The highest BCUT2D eigenvalue weighted by Crippen LogP contribution is 2.19. The molecule has 2 aromatic heterocycles. The van der Waals surface area contributed by atoms with Crippen LogP contribution in [-0.2, 0) is 0 Å². The largest absolute Gasteiger partial charge is 0.360 e. The van der Waals surface area contributed by atoms with Gasteiger partial charge in [-0.05, 0) is 57.4 Å². The van der Waals surface area contributed by atoms with Crippen molar-refractivity contribution in [1.82, 2.24) is 20.2 Å². The van der Waals surface area contributed by atoms with Crippen LogP contribution in [0.1, 0.15) is 37.7 Å². The zero-order valence-corrected chi connectivity index (χ0v) is 18.6. The van der Waals surface area contributed by atoms with Gasteiger partial charge in [0.25, 0.3) is 0 Å². The lowest BCUT2D eigenvalue weighted by molar-refractivity contribution is -0.587. The van der Waals surface area contributed by atoms with Gasteiger partial charge in [-0.3, -0.25) is 4.98 Å². The molecular formula is C22H32N7S+. The van der Waals surface area contributed by atoms with Crippen LogP contribution >= 0.6 is 12.2 Å². The summed E-state index contributed by atoms with van der Waals surface area (Å²) in [5, 5.41) is 17.1. The predicted molar refractivity (Wildman–Crippen MR) is 128 cm³/mol. The van der Waals surface area contributed by atoms with Crippen molar-refractivity contribution in [2.75, 3.05) is 32.5 Å². The molecule has 7 nitrogen and oxygen atoms in total. The number of rotatable bonds is 9. The molecule has 0 bridgehead atoms. The summed E-state index contributed by atoms with van der Waals surface area (Å²) in [7, 11) is 4.15. The predicted octanol–water partition coefficient (Wildman–Crippen LogP) is 2.36. The summed E-state index contributed by atoms with van der Waals surface area (Å²) in [6.45, 7) is 2.03. The lowest BCUT2D eigenvalue weighted by atomic mass is 10.1. The molecule has 0 unspecified atom stereocenters. The number of fused-ring (bicyclic) bond motifs is 1. The Bertz CT molecular complexity index is 903. The van der Waals surface area contributed by atoms with Gasteiger partial charge < -0.3 is 26.3 Å². The van der Waals surface area contributed by atoms with Crippen molar-refractivity contribution in [3.8, 4) is 0 Å². The SMILES string of the molecule is CN(C)CCC[NH2+]/C=C(\C=N)c1cnc2ccc(NC(=S)NC3CCCC3)nc2c1. The van der Waals surface area contributed by atoms with E-state index in [-0.39, 0.29) is 0 Å². The monoisotopic (exact) mass is 426 g/mol. The second-order valence-corrected chi connectivity index (χ2v) is 8.39. The summed E-state index contributed by atoms with van der Waals surface area (Å²) in [4.78, 5) is 11.4. The maximum atomic E-state index is 7.79. The average molecular weight is 427 g/mol. The minimum Gasteiger partial charge on any atom is -0.360 e. The van der Waals surface area contributed by atoms with Crippen molar-refractivity contribution in [2.24, 2.45) is 0 Å². The number of aromatic nitrogens is 2. The van der Waals surface area contributed by atoms with Crippen molar-refractivity contribution in [3.63, 3.8) is 0 Å². The summed E-state index contributed by atoms with van der Waals surface area (Å²) >= 11 is 5.44. The van der Waals surface area contributed by atoms with Crippen LogP contribution in [0.25, 0.3) is 16.6 Å².